The highest BCUT2D eigenvalue weighted by molar-refractivity contribution is 5.77. The molecule has 4 nitrogen and oxygen atoms in total. The Labute approximate surface area is 116 Å². The SMILES string of the molecule is CC1CN2CCCCC2CN1C(=O)CC(N)C1CC1. The van der Waals surface area contributed by atoms with Crippen molar-refractivity contribution in [2.24, 2.45) is 11.7 Å². The lowest BCUT2D eigenvalue weighted by Gasteiger charge is -2.47. The van der Waals surface area contributed by atoms with Crippen LogP contribution in [0.3, 0.4) is 0 Å². The Hall–Kier alpha value is -0.610. The van der Waals surface area contributed by atoms with Crippen LogP contribution in [0.2, 0.25) is 0 Å². The third kappa shape index (κ3) is 2.95. The normalized spacial score (nSPS) is 33.9. The van der Waals surface area contributed by atoms with Crippen LogP contribution in [0.5, 0.6) is 0 Å². The summed E-state index contributed by atoms with van der Waals surface area (Å²) in [6, 6.07) is 1.06. The third-order valence-electron chi connectivity index (χ3n) is 5.15. The highest BCUT2D eigenvalue weighted by Gasteiger charge is 2.37. The second-order valence-corrected chi connectivity index (χ2v) is 6.75. The van der Waals surface area contributed by atoms with Gasteiger partial charge in [-0.15, -0.1) is 0 Å². The Kier molecular flexibility index (Phi) is 3.81. The van der Waals surface area contributed by atoms with E-state index in [9.17, 15) is 4.79 Å². The van der Waals surface area contributed by atoms with Gasteiger partial charge in [0.15, 0.2) is 0 Å². The molecule has 3 fully saturated rings. The van der Waals surface area contributed by atoms with Crippen molar-refractivity contribution in [3.8, 4) is 0 Å². The molecular weight excluding hydrogens is 238 g/mol. The van der Waals surface area contributed by atoms with Gasteiger partial charge >= 0.3 is 0 Å². The van der Waals surface area contributed by atoms with Gasteiger partial charge in [0.25, 0.3) is 0 Å². The molecule has 3 atom stereocenters. The van der Waals surface area contributed by atoms with Gasteiger partial charge in [-0.2, -0.15) is 0 Å². The molecule has 1 aliphatic carbocycles. The van der Waals surface area contributed by atoms with Crippen LogP contribution in [0, 0.1) is 5.92 Å². The fraction of sp³-hybridized carbons (Fsp3) is 0.933. The minimum Gasteiger partial charge on any atom is -0.337 e. The first-order chi connectivity index (χ1) is 9.15. The molecule has 2 saturated heterocycles. The molecule has 3 rings (SSSR count). The number of carbonyl (C=O) groups excluding carboxylic acids is 1. The summed E-state index contributed by atoms with van der Waals surface area (Å²) in [6.07, 6.45) is 6.90. The van der Waals surface area contributed by atoms with Crippen molar-refractivity contribution in [1.29, 1.82) is 0 Å². The molecule has 0 radical (unpaired) electrons. The quantitative estimate of drug-likeness (QED) is 0.834. The van der Waals surface area contributed by atoms with Crippen LogP contribution in [0.4, 0.5) is 0 Å². The first-order valence-corrected chi connectivity index (χ1v) is 7.94. The van der Waals surface area contributed by atoms with Crippen LogP contribution in [-0.2, 0) is 4.79 Å². The number of nitrogens with two attached hydrogens (primary N) is 1. The lowest BCUT2D eigenvalue weighted by atomic mass is 9.96. The van der Waals surface area contributed by atoms with Crippen LogP contribution in [0.1, 0.15) is 45.4 Å². The maximum absolute atomic E-state index is 12.5. The fourth-order valence-electron chi connectivity index (χ4n) is 3.71. The van der Waals surface area contributed by atoms with E-state index in [1.165, 1.54) is 38.6 Å². The third-order valence-corrected chi connectivity index (χ3v) is 5.15. The van der Waals surface area contributed by atoms with Crippen LogP contribution in [-0.4, -0.2) is 53.5 Å². The van der Waals surface area contributed by atoms with E-state index < -0.39 is 0 Å². The highest BCUT2D eigenvalue weighted by atomic mass is 16.2. The van der Waals surface area contributed by atoms with Gasteiger partial charge in [0.2, 0.25) is 5.91 Å². The predicted molar refractivity (Wildman–Crippen MR) is 75.7 cm³/mol. The van der Waals surface area contributed by atoms with E-state index in [1.54, 1.807) is 0 Å². The summed E-state index contributed by atoms with van der Waals surface area (Å²) in [6.45, 7) is 5.39. The van der Waals surface area contributed by atoms with E-state index in [0.29, 0.717) is 24.4 Å². The van der Waals surface area contributed by atoms with Gasteiger partial charge in [-0.1, -0.05) is 6.42 Å². The Morgan fingerprint density at radius 3 is 2.79 bits per heavy atom. The summed E-state index contributed by atoms with van der Waals surface area (Å²) < 4.78 is 0. The summed E-state index contributed by atoms with van der Waals surface area (Å²) in [4.78, 5) is 17.1. The lowest BCUT2D eigenvalue weighted by Crippen LogP contribution is -2.60. The van der Waals surface area contributed by atoms with Gasteiger partial charge in [-0.25, -0.2) is 0 Å². The number of carbonyl (C=O) groups is 1. The molecule has 3 aliphatic rings. The monoisotopic (exact) mass is 265 g/mol. The first kappa shape index (κ1) is 13.4. The van der Waals surface area contributed by atoms with Crippen molar-refractivity contribution in [2.45, 2.75) is 63.6 Å². The van der Waals surface area contributed by atoms with Gasteiger partial charge < -0.3 is 10.6 Å². The minimum atomic E-state index is 0.101. The second-order valence-electron chi connectivity index (χ2n) is 6.75. The highest BCUT2D eigenvalue weighted by Crippen LogP contribution is 2.33. The number of rotatable bonds is 3. The number of piperazine rings is 1. The van der Waals surface area contributed by atoms with Gasteiger partial charge in [0.05, 0.1) is 0 Å². The Morgan fingerprint density at radius 2 is 2.05 bits per heavy atom. The predicted octanol–water partition coefficient (Wildman–Crippen LogP) is 1.20. The fourth-order valence-corrected chi connectivity index (χ4v) is 3.71. The van der Waals surface area contributed by atoms with Crippen LogP contribution in [0.25, 0.3) is 0 Å². The molecule has 1 saturated carbocycles. The minimum absolute atomic E-state index is 0.101. The van der Waals surface area contributed by atoms with E-state index in [-0.39, 0.29) is 11.9 Å². The number of nitrogens with zero attached hydrogens (tertiary/aromatic N) is 2. The molecule has 0 spiro atoms. The van der Waals surface area contributed by atoms with Crippen molar-refractivity contribution in [2.75, 3.05) is 19.6 Å². The topological polar surface area (TPSA) is 49.6 Å². The smallest absolute Gasteiger partial charge is 0.224 e. The molecule has 1 amide bonds. The zero-order valence-corrected chi connectivity index (χ0v) is 12.1. The van der Waals surface area contributed by atoms with Gasteiger partial charge in [0.1, 0.15) is 0 Å². The van der Waals surface area contributed by atoms with Gasteiger partial charge in [-0.05, 0) is 45.1 Å². The van der Waals surface area contributed by atoms with E-state index in [1.807, 2.05) is 0 Å². The van der Waals surface area contributed by atoms with Crippen molar-refractivity contribution < 1.29 is 4.79 Å². The Bertz CT molecular complexity index is 342. The van der Waals surface area contributed by atoms with E-state index in [0.717, 1.165) is 13.1 Å². The van der Waals surface area contributed by atoms with Crippen LogP contribution >= 0.6 is 0 Å². The number of hydrogen-bond donors (Lipinski definition) is 1. The number of hydrogen-bond acceptors (Lipinski definition) is 3. The molecule has 19 heavy (non-hydrogen) atoms. The van der Waals surface area contributed by atoms with Gasteiger partial charge in [0, 0.05) is 37.6 Å². The van der Waals surface area contributed by atoms with Crippen molar-refractivity contribution in [3.63, 3.8) is 0 Å². The zero-order chi connectivity index (χ0) is 13.4. The van der Waals surface area contributed by atoms with E-state index >= 15 is 0 Å². The van der Waals surface area contributed by atoms with Crippen molar-refractivity contribution >= 4 is 5.91 Å². The van der Waals surface area contributed by atoms with Crippen molar-refractivity contribution in [3.05, 3.63) is 0 Å². The Morgan fingerprint density at radius 1 is 1.26 bits per heavy atom. The molecular formula is C15H27N3O. The second kappa shape index (κ2) is 5.41. The number of amides is 1. The largest absolute Gasteiger partial charge is 0.337 e. The summed E-state index contributed by atoms with van der Waals surface area (Å²) in [7, 11) is 0. The molecule has 0 aromatic carbocycles. The number of fused-ring (bicyclic) bond motifs is 1. The van der Waals surface area contributed by atoms with Crippen molar-refractivity contribution in [1.82, 2.24) is 9.80 Å². The average Bonchev–Trinajstić information content (AvgIpc) is 3.22. The first-order valence-electron chi connectivity index (χ1n) is 7.94. The molecule has 2 aliphatic heterocycles. The van der Waals surface area contributed by atoms with E-state index in [4.69, 9.17) is 5.73 Å². The standard InChI is InChI=1S/C15H27N3O/c1-11-9-17-7-3-2-4-13(17)10-18(11)15(19)8-14(16)12-5-6-12/h11-14H,2-10,16H2,1H3. The molecule has 2 N–H and O–H groups in total. The molecule has 0 aromatic rings. The molecule has 108 valence electrons. The molecule has 2 heterocycles. The summed E-state index contributed by atoms with van der Waals surface area (Å²) in [5, 5.41) is 0. The molecule has 0 bridgehead atoms. The van der Waals surface area contributed by atoms with E-state index in [2.05, 4.69) is 16.7 Å². The van der Waals surface area contributed by atoms with Crippen LogP contribution in [0.15, 0.2) is 0 Å². The maximum Gasteiger partial charge on any atom is 0.224 e. The summed E-state index contributed by atoms with van der Waals surface area (Å²) in [5.74, 6) is 0.910. The molecule has 0 aromatic heterocycles. The molecule has 4 heteroatoms. The van der Waals surface area contributed by atoms with Crippen LogP contribution < -0.4 is 5.73 Å². The average molecular weight is 265 g/mol. The lowest BCUT2D eigenvalue weighted by molar-refractivity contribution is -0.138. The maximum atomic E-state index is 12.5. The molecule has 3 unspecified atom stereocenters. The van der Waals surface area contributed by atoms with Gasteiger partial charge in [-0.3, -0.25) is 9.69 Å². The Balaban J connectivity index is 1.58. The zero-order valence-electron chi connectivity index (χ0n) is 12.1. The number of piperidine rings is 1. The summed E-state index contributed by atoms with van der Waals surface area (Å²) in [5.41, 5.74) is 6.11. The summed E-state index contributed by atoms with van der Waals surface area (Å²) >= 11 is 0.